The van der Waals surface area contributed by atoms with Crippen molar-refractivity contribution in [3.8, 4) is 5.75 Å². The van der Waals surface area contributed by atoms with Gasteiger partial charge in [0.25, 0.3) is 0 Å². The number of benzene rings is 1. The Morgan fingerprint density at radius 3 is 2.74 bits per heavy atom. The zero-order valence-corrected chi connectivity index (χ0v) is 11.5. The van der Waals surface area contributed by atoms with Gasteiger partial charge in [-0.05, 0) is 44.2 Å². The van der Waals surface area contributed by atoms with Crippen molar-refractivity contribution in [2.45, 2.75) is 32.6 Å². The van der Waals surface area contributed by atoms with Gasteiger partial charge >= 0.3 is 5.63 Å². The summed E-state index contributed by atoms with van der Waals surface area (Å²) < 4.78 is 10.8. The van der Waals surface area contributed by atoms with E-state index in [2.05, 4.69) is 0 Å². The number of aryl methyl sites for hydroxylation is 1. The van der Waals surface area contributed by atoms with Gasteiger partial charge < -0.3 is 9.15 Å². The van der Waals surface area contributed by atoms with Crippen molar-refractivity contribution in [1.82, 2.24) is 0 Å². The Kier molecular flexibility index (Phi) is 3.23. The molecule has 0 aliphatic heterocycles. The van der Waals surface area contributed by atoms with Crippen molar-refractivity contribution in [1.29, 1.82) is 0 Å². The van der Waals surface area contributed by atoms with Crippen molar-refractivity contribution in [2.24, 2.45) is 0 Å². The molecule has 0 spiro atoms. The van der Waals surface area contributed by atoms with Crippen LogP contribution >= 0.6 is 11.6 Å². The summed E-state index contributed by atoms with van der Waals surface area (Å²) in [6.45, 7) is 2.42. The number of hydrogen-bond acceptors (Lipinski definition) is 3. The highest BCUT2D eigenvalue weighted by molar-refractivity contribution is 6.32. The van der Waals surface area contributed by atoms with Crippen LogP contribution in [0.5, 0.6) is 5.75 Å². The molecule has 100 valence electrons. The first-order valence-electron chi connectivity index (χ1n) is 6.61. The van der Waals surface area contributed by atoms with Crippen LogP contribution in [0.25, 0.3) is 11.0 Å². The van der Waals surface area contributed by atoms with Crippen LogP contribution in [0.15, 0.2) is 21.3 Å². The van der Waals surface area contributed by atoms with E-state index in [4.69, 9.17) is 20.8 Å². The van der Waals surface area contributed by atoms with Crippen LogP contribution in [0, 0.1) is 0 Å². The summed E-state index contributed by atoms with van der Waals surface area (Å²) in [5, 5.41) is 1.51. The molecule has 1 heterocycles. The lowest BCUT2D eigenvalue weighted by molar-refractivity contribution is 0.340. The van der Waals surface area contributed by atoms with E-state index in [0.717, 1.165) is 42.2 Å². The molecule has 4 heteroatoms. The van der Waals surface area contributed by atoms with E-state index in [0.29, 0.717) is 23.0 Å². The molecule has 0 N–H and O–H groups in total. The van der Waals surface area contributed by atoms with Gasteiger partial charge in [0.15, 0.2) is 0 Å². The molecule has 0 radical (unpaired) electrons. The maximum absolute atomic E-state index is 12.0. The molecule has 1 aliphatic carbocycles. The molecule has 19 heavy (non-hydrogen) atoms. The predicted octanol–water partition coefficient (Wildman–Crippen LogP) is 3.72. The van der Waals surface area contributed by atoms with E-state index in [1.807, 2.05) is 13.0 Å². The minimum absolute atomic E-state index is 0.216. The fraction of sp³-hybridized carbons (Fsp3) is 0.400. The van der Waals surface area contributed by atoms with E-state index in [-0.39, 0.29) is 5.63 Å². The van der Waals surface area contributed by atoms with E-state index in [1.54, 1.807) is 6.07 Å². The van der Waals surface area contributed by atoms with Gasteiger partial charge in [-0.15, -0.1) is 0 Å². The highest BCUT2D eigenvalue weighted by Crippen LogP contribution is 2.34. The molecular formula is C15H15ClO3. The van der Waals surface area contributed by atoms with E-state index < -0.39 is 0 Å². The fourth-order valence-corrected chi connectivity index (χ4v) is 2.93. The number of fused-ring (bicyclic) bond motifs is 3. The Morgan fingerprint density at radius 1 is 1.26 bits per heavy atom. The zero-order valence-electron chi connectivity index (χ0n) is 10.8. The average molecular weight is 279 g/mol. The first-order valence-corrected chi connectivity index (χ1v) is 6.99. The molecule has 3 nitrogen and oxygen atoms in total. The zero-order chi connectivity index (χ0) is 13.4. The minimum atomic E-state index is -0.216. The monoisotopic (exact) mass is 278 g/mol. The number of halogens is 1. The molecule has 1 aliphatic rings. The molecule has 0 saturated heterocycles. The largest absolute Gasteiger partial charge is 0.492 e. The van der Waals surface area contributed by atoms with Gasteiger partial charge in [-0.25, -0.2) is 4.79 Å². The number of hydrogen-bond donors (Lipinski definition) is 0. The predicted molar refractivity (Wildman–Crippen MR) is 75.3 cm³/mol. The van der Waals surface area contributed by atoms with Gasteiger partial charge in [-0.2, -0.15) is 0 Å². The Hall–Kier alpha value is -1.48. The van der Waals surface area contributed by atoms with Crippen molar-refractivity contribution >= 4 is 22.6 Å². The number of rotatable bonds is 2. The van der Waals surface area contributed by atoms with Gasteiger partial charge in [0, 0.05) is 17.0 Å². The lowest BCUT2D eigenvalue weighted by atomic mass is 9.91. The molecule has 1 aromatic heterocycles. The molecular weight excluding hydrogens is 264 g/mol. The normalized spacial score (nSPS) is 14.4. The topological polar surface area (TPSA) is 39.4 Å². The van der Waals surface area contributed by atoms with Crippen LogP contribution in [0.1, 0.15) is 30.9 Å². The van der Waals surface area contributed by atoms with Gasteiger partial charge in [-0.3, -0.25) is 0 Å². The molecule has 0 amide bonds. The SMILES string of the molecule is CCOc1cc2oc(=O)c3c(c2cc1Cl)CCCC3. The molecule has 0 fully saturated rings. The lowest BCUT2D eigenvalue weighted by Crippen LogP contribution is -2.15. The molecule has 0 atom stereocenters. The second-order valence-electron chi connectivity index (χ2n) is 4.77. The van der Waals surface area contributed by atoms with Crippen LogP contribution in [0.4, 0.5) is 0 Å². The quantitative estimate of drug-likeness (QED) is 0.786. The first-order chi connectivity index (χ1) is 9.20. The maximum atomic E-state index is 12.0. The van der Waals surface area contributed by atoms with E-state index in [9.17, 15) is 4.79 Å². The van der Waals surface area contributed by atoms with Gasteiger partial charge in [0.05, 0.1) is 11.6 Å². The summed E-state index contributed by atoms with van der Waals surface area (Å²) in [6, 6.07) is 3.58. The van der Waals surface area contributed by atoms with Crippen molar-refractivity contribution in [3.05, 3.63) is 38.7 Å². The van der Waals surface area contributed by atoms with Crippen molar-refractivity contribution in [3.63, 3.8) is 0 Å². The maximum Gasteiger partial charge on any atom is 0.339 e. The minimum Gasteiger partial charge on any atom is -0.492 e. The second-order valence-corrected chi connectivity index (χ2v) is 5.17. The standard InChI is InChI=1S/C15H15ClO3/c1-2-18-14-8-13-11(7-12(14)16)9-5-3-4-6-10(9)15(17)19-13/h7-8H,2-6H2,1H3. The Morgan fingerprint density at radius 2 is 2.00 bits per heavy atom. The molecule has 3 rings (SSSR count). The third kappa shape index (κ3) is 2.12. The molecule has 2 aromatic rings. The Bertz CT molecular complexity index is 688. The molecule has 0 saturated carbocycles. The highest BCUT2D eigenvalue weighted by atomic mass is 35.5. The van der Waals surface area contributed by atoms with Crippen molar-refractivity contribution in [2.75, 3.05) is 6.61 Å². The Balaban J connectivity index is 2.29. The van der Waals surface area contributed by atoms with Crippen LogP contribution in [0.2, 0.25) is 5.02 Å². The van der Waals surface area contributed by atoms with Gasteiger partial charge in [0.1, 0.15) is 11.3 Å². The molecule has 0 bridgehead atoms. The summed E-state index contributed by atoms with van der Waals surface area (Å²) in [5.74, 6) is 0.565. The van der Waals surface area contributed by atoms with Gasteiger partial charge in [0.2, 0.25) is 0 Å². The first kappa shape index (κ1) is 12.5. The summed E-state index contributed by atoms with van der Waals surface area (Å²) in [6.07, 6.45) is 3.88. The van der Waals surface area contributed by atoms with Crippen LogP contribution in [0.3, 0.4) is 0 Å². The third-order valence-electron chi connectivity index (χ3n) is 3.58. The fourth-order valence-electron chi connectivity index (χ4n) is 2.71. The number of ether oxygens (including phenoxy) is 1. The summed E-state index contributed by atoms with van der Waals surface area (Å²) in [4.78, 5) is 12.0. The van der Waals surface area contributed by atoms with Crippen molar-refractivity contribution < 1.29 is 9.15 Å². The van der Waals surface area contributed by atoms with E-state index in [1.165, 1.54) is 0 Å². The average Bonchev–Trinajstić information content (AvgIpc) is 2.42. The summed E-state index contributed by atoms with van der Waals surface area (Å²) >= 11 is 6.22. The van der Waals surface area contributed by atoms with Crippen LogP contribution in [-0.2, 0) is 12.8 Å². The highest BCUT2D eigenvalue weighted by Gasteiger charge is 2.19. The van der Waals surface area contributed by atoms with Crippen LogP contribution in [-0.4, -0.2) is 6.61 Å². The lowest BCUT2D eigenvalue weighted by Gasteiger charge is -2.16. The summed E-state index contributed by atoms with van der Waals surface area (Å²) in [5.41, 5.74) is 2.27. The summed E-state index contributed by atoms with van der Waals surface area (Å²) in [7, 11) is 0. The second kappa shape index (κ2) is 4.89. The third-order valence-corrected chi connectivity index (χ3v) is 3.87. The molecule has 0 unspecified atom stereocenters. The smallest absolute Gasteiger partial charge is 0.339 e. The Labute approximate surface area is 116 Å². The van der Waals surface area contributed by atoms with Crippen LogP contribution < -0.4 is 10.4 Å². The molecule has 1 aromatic carbocycles. The van der Waals surface area contributed by atoms with E-state index >= 15 is 0 Å². The van der Waals surface area contributed by atoms with Gasteiger partial charge in [-0.1, -0.05) is 11.6 Å².